The van der Waals surface area contributed by atoms with Crippen LogP contribution < -0.4 is 4.74 Å². The van der Waals surface area contributed by atoms with Gasteiger partial charge < -0.3 is 13.9 Å². The summed E-state index contributed by atoms with van der Waals surface area (Å²) < 4.78 is 66.7. The van der Waals surface area contributed by atoms with Crippen molar-refractivity contribution >= 4 is 32.9 Å². The lowest BCUT2D eigenvalue weighted by Crippen LogP contribution is -2.03. The van der Waals surface area contributed by atoms with Gasteiger partial charge in [0.25, 0.3) is 0 Å². The average molecular weight is 306 g/mol. The maximum absolute atomic E-state index is 12.0. The van der Waals surface area contributed by atoms with Gasteiger partial charge in [-0.15, -0.1) is 0 Å². The van der Waals surface area contributed by atoms with E-state index in [0.717, 1.165) is 0 Å². The Morgan fingerprint density at radius 1 is 1.71 bits per heavy atom. The van der Waals surface area contributed by atoms with E-state index < -0.39 is 49.2 Å². The van der Waals surface area contributed by atoms with Crippen molar-refractivity contribution in [2.24, 2.45) is 0 Å². The molecule has 0 aliphatic heterocycles. The number of methoxy groups -OCH3 is 1. The second-order valence-corrected chi connectivity index (χ2v) is 3.71. The molecule has 2 rings (SSSR count). The molecule has 0 saturated carbocycles. The molecule has 5 heteroatoms. The fourth-order valence-corrected chi connectivity index (χ4v) is 1.61. The Hall–Kier alpha value is -1.49. The van der Waals surface area contributed by atoms with E-state index in [-0.39, 0.29) is 15.4 Å². The number of carbonyl (C=O) groups excluding carboxylic acids is 1. The Morgan fingerprint density at radius 3 is 3.24 bits per heavy atom. The minimum Gasteiger partial charge on any atom is -0.495 e. The van der Waals surface area contributed by atoms with Gasteiger partial charge in [-0.25, -0.2) is 4.79 Å². The van der Waals surface area contributed by atoms with Crippen LogP contribution in [0.1, 0.15) is 26.9 Å². The maximum Gasteiger partial charge on any atom is 0.342 e. The van der Waals surface area contributed by atoms with Crippen molar-refractivity contribution in [3.63, 3.8) is 0 Å². The molecule has 0 saturated heterocycles. The summed E-state index contributed by atoms with van der Waals surface area (Å²) in [6.07, 6.45) is -0.657. The number of carbonyl (C=O) groups is 1. The topological polar surface area (TPSA) is 48.7 Å². The summed E-state index contributed by atoms with van der Waals surface area (Å²) >= 11 is 2.97. The molecule has 17 heavy (non-hydrogen) atoms. The minimum atomic E-state index is -2.86. The van der Waals surface area contributed by atoms with E-state index in [0.29, 0.717) is 0 Å². The zero-order valence-corrected chi connectivity index (χ0v) is 10.2. The third kappa shape index (κ3) is 2.15. The summed E-state index contributed by atoms with van der Waals surface area (Å²) in [5.74, 6) is -1.51. The number of rotatable bonds is 3. The van der Waals surface area contributed by atoms with Gasteiger partial charge in [0, 0.05) is 11.4 Å². The first-order valence-corrected chi connectivity index (χ1v) is 5.27. The molecular weight excluding hydrogens is 288 g/mol. The van der Waals surface area contributed by atoms with Crippen LogP contribution in [0.15, 0.2) is 27.2 Å². The molecule has 2 aromatic rings. The lowest BCUT2D eigenvalue weighted by Gasteiger charge is -2.03. The molecule has 1 unspecified atom stereocenters. The standard InChI is InChI=1S/C12H11BrO4/c1-3-16-12(14)8-6-17-10-5-11(15-2)9(13)4-7(8)10/h4-6H,3H2,1-2H3/i2D3,3D,4D,5D,6D. The van der Waals surface area contributed by atoms with Gasteiger partial charge in [0.1, 0.15) is 24.5 Å². The summed E-state index contributed by atoms with van der Waals surface area (Å²) in [4.78, 5) is 12.0. The van der Waals surface area contributed by atoms with Crippen LogP contribution in [-0.4, -0.2) is 19.6 Å². The Balaban J connectivity index is 2.75. The van der Waals surface area contributed by atoms with E-state index in [2.05, 4.69) is 15.9 Å². The molecular formula is C12H11BrO4. The van der Waals surface area contributed by atoms with Crippen molar-refractivity contribution in [3.05, 3.63) is 28.4 Å². The van der Waals surface area contributed by atoms with Crippen LogP contribution in [0.2, 0.25) is 0 Å². The number of ether oxygens (including phenoxy) is 2. The third-order valence-electron chi connectivity index (χ3n) is 1.92. The first-order chi connectivity index (χ1) is 10.9. The van der Waals surface area contributed by atoms with E-state index in [1.54, 1.807) is 0 Å². The first kappa shape index (κ1) is 5.91. The highest BCUT2D eigenvalue weighted by molar-refractivity contribution is 9.10. The summed E-state index contributed by atoms with van der Waals surface area (Å²) in [6.45, 7) is 0.0904. The summed E-state index contributed by atoms with van der Waals surface area (Å²) in [7, 11) is -2.86. The molecule has 1 aromatic carbocycles. The molecule has 1 heterocycles. The number of furan rings is 1. The molecule has 1 aromatic heterocycles. The second-order valence-electron chi connectivity index (χ2n) is 2.92. The Labute approximate surface area is 116 Å². The van der Waals surface area contributed by atoms with Gasteiger partial charge in [0.2, 0.25) is 0 Å². The van der Waals surface area contributed by atoms with Crippen LogP contribution >= 0.6 is 15.9 Å². The van der Waals surface area contributed by atoms with Crippen molar-refractivity contribution in [1.29, 1.82) is 0 Å². The fourth-order valence-electron chi connectivity index (χ4n) is 1.23. The highest BCUT2D eigenvalue weighted by atomic mass is 79.9. The van der Waals surface area contributed by atoms with Gasteiger partial charge in [-0.1, -0.05) is 0 Å². The molecule has 0 aliphatic carbocycles. The predicted octanol–water partition coefficient (Wildman–Crippen LogP) is 3.38. The van der Waals surface area contributed by atoms with Crippen molar-refractivity contribution in [1.82, 2.24) is 0 Å². The molecule has 0 radical (unpaired) electrons. The second kappa shape index (κ2) is 4.79. The fraction of sp³-hybridized carbons (Fsp3) is 0.250. The Bertz CT molecular complexity index is 812. The Morgan fingerprint density at radius 2 is 2.53 bits per heavy atom. The van der Waals surface area contributed by atoms with Gasteiger partial charge in [0.05, 0.1) is 26.3 Å². The largest absolute Gasteiger partial charge is 0.495 e. The zero-order valence-electron chi connectivity index (χ0n) is 15.6. The van der Waals surface area contributed by atoms with E-state index >= 15 is 0 Å². The van der Waals surface area contributed by atoms with Gasteiger partial charge >= 0.3 is 5.97 Å². The SMILES string of the molecule is [2H]c1oc2c([2H])c(OC([2H])([2H])[2H])c(Br)c([2H])c2c1C(=O)OC([2H])C. The smallest absolute Gasteiger partial charge is 0.342 e. The lowest BCUT2D eigenvalue weighted by atomic mass is 10.2. The monoisotopic (exact) mass is 305 g/mol. The van der Waals surface area contributed by atoms with Crippen molar-refractivity contribution in [2.45, 2.75) is 6.92 Å². The van der Waals surface area contributed by atoms with Gasteiger partial charge in [-0.3, -0.25) is 0 Å². The maximum atomic E-state index is 12.0. The van der Waals surface area contributed by atoms with Crippen LogP contribution in [0.3, 0.4) is 0 Å². The summed E-state index contributed by atoms with van der Waals surface area (Å²) in [5, 5.41) is -0.194. The van der Waals surface area contributed by atoms with Crippen LogP contribution in [-0.2, 0) is 4.74 Å². The number of esters is 1. The minimum absolute atomic E-state index is 0.176. The quantitative estimate of drug-likeness (QED) is 0.816. The molecule has 0 fully saturated rings. The highest BCUT2D eigenvalue weighted by Gasteiger charge is 2.16. The summed E-state index contributed by atoms with van der Waals surface area (Å²) in [6, 6.07) is -0.928. The average Bonchev–Trinajstić information content (AvgIpc) is 2.77. The lowest BCUT2D eigenvalue weighted by molar-refractivity contribution is 0.0527. The summed E-state index contributed by atoms with van der Waals surface area (Å²) in [5.41, 5.74) is -0.763. The van der Waals surface area contributed by atoms with E-state index in [1.807, 2.05) is 0 Å². The molecule has 0 spiro atoms. The van der Waals surface area contributed by atoms with Crippen LogP contribution in [0.4, 0.5) is 0 Å². The molecule has 0 aliphatic rings. The number of benzene rings is 1. The van der Waals surface area contributed by atoms with Crippen molar-refractivity contribution in [3.8, 4) is 5.75 Å². The molecule has 90 valence electrons. The predicted molar refractivity (Wildman–Crippen MR) is 66.4 cm³/mol. The zero-order chi connectivity index (χ0) is 18.4. The molecule has 0 amide bonds. The van der Waals surface area contributed by atoms with Gasteiger partial charge in [0.15, 0.2) is 0 Å². The number of fused-ring (bicyclic) bond motifs is 1. The number of hydrogen-bond donors (Lipinski definition) is 0. The third-order valence-corrected chi connectivity index (χ3v) is 2.48. The van der Waals surface area contributed by atoms with E-state index in [1.165, 1.54) is 6.92 Å². The van der Waals surface area contributed by atoms with E-state index in [4.69, 9.17) is 23.5 Å². The molecule has 1 atom stereocenters. The van der Waals surface area contributed by atoms with Crippen molar-refractivity contribution < 1.29 is 28.3 Å². The first-order valence-electron chi connectivity index (χ1n) is 8.05. The number of hydrogen-bond acceptors (Lipinski definition) is 4. The molecule has 4 nitrogen and oxygen atoms in total. The van der Waals surface area contributed by atoms with E-state index in [9.17, 15) is 4.79 Å². The Kier molecular flexibility index (Phi) is 1.67. The van der Waals surface area contributed by atoms with Gasteiger partial charge in [-0.05, 0) is 28.9 Å². The van der Waals surface area contributed by atoms with Gasteiger partial charge in [-0.2, -0.15) is 0 Å². The number of halogens is 1. The molecule has 0 N–H and O–H groups in total. The highest BCUT2D eigenvalue weighted by Crippen LogP contribution is 2.33. The van der Waals surface area contributed by atoms with Crippen LogP contribution in [0.5, 0.6) is 5.75 Å². The van der Waals surface area contributed by atoms with Crippen molar-refractivity contribution in [2.75, 3.05) is 13.6 Å². The normalized spacial score (nSPS) is 19.1. The molecule has 0 bridgehead atoms. The van der Waals surface area contributed by atoms with Crippen LogP contribution in [0.25, 0.3) is 11.0 Å². The van der Waals surface area contributed by atoms with Crippen LogP contribution in [0, 0.1) is 0 Å².